The van der Waals surface area contributed by atoms with E-state index >= 15 is 0 Å². The number of aliphatic hydroxyl groups is 1. The maximum absolute atomic E-state index is 9.28. The molecule has 1 aromatic heterocycles. The minimum atomic E-state index is 0.0401. The molecule has 4 nitrogen and oxygen atoms in total. The molecule has 108 valence electrons. The standard InChI is InChI=1S/C15H27N3O/c1-3-5-10-18(11-12-19)15(13(16)4-2)14-8-6-7-9-17-14/h6-9,13,15,19H,3-5,10-12,16H2,1-2H3. The summed E-state index contributed by atoms with van der Waals surface area (Å²) in [6.45, 7) is 6.02. The molecule has 0 saturated carbocycles. The normalized spacial score (nSPS) is 14.6. The maximum Gasteiger partial charge on any atom is 0.0674 e. The zero-order valence-corrected chi connectivity index (χ0v) is 12.1. The van der Waals surface area contributed by atoms with Crippen molar-refractivity contribution in [3.05, 3.63) is 30.1 Å². The van der Waals surface area contributed by atoms with Crippen molar-refractivity contribution in [2.75, 3.05) is 19.7 Å². The van der Waals surface area contributed by atoms with Crippen LogP contribution in [-0.4, -0.2) is 40.7 Å². The highest BCUT2D eigenvalue weighted by Crippen LogP contribution is 2.23. The number of pyridine rings is 1. The number of nitrogens with two attached hydrogens (primary N) is 1. The van der Waals surface area contributed by atoms with Crippen LogP contribution in [-0.2, 0) is 0 Å². The minimum absolute atomic E-state index is 0.0401. The summed E-state index contributed by atoms with van der Waals surface area (Å²) in [4.78, 5) is 6.72. The van der Waals surface area contributed by atoms with Crippen molar-refractivity contribution < 1.29 is 5.11 Å². The average Bonchev–Trinajstić information content (AvgIpc) is 2.46. The van der Waals surface area contributed by atoms with E-state index in [0.717, 1.165) is 31.5 Å². The van der Waals surface area contributed by atoms with Crippen molar-refractivity contribution in [1.82, 2.24) is 9.88 Å². The van der Waals surface area contributed by atoms with Gasteiger partial charge in [-0.3, -0.25) is 9.88 Å². The SMILES string of the molecule is CCCCN(CCO)C(c1ccccn1)C(N)CC. The Hall–Kier alpha value is -0.970. The number of nitrogens with zero attached hydrogens (tertiary/aromatic N) is 2. The molecule has 0 saturated heterocycles. The summed E-state index contributed by atoms with van der Waals surface area (Å²) in [6, 6.07) is 6.06. The smallest absolute Gasteiger partial charge is 0.0674 e. The van der Waals surface area contributed by atoms with Gasteiger partial charge in [0.2, 0.25) is 0 Å². The van der Waals surface area contributed by atoms with Gasteiger partial charge in [-0.1, -0.05) is 26.3 Å². The summed E-state index contributed by atoms with van der Waals surface area (Å²) in [5.41, 5.74) is 7.29. The number of hydrogen-bond acceptors (Lipinski definition) is 4. The molecule has 19 heavy (non-hydrogen) atoms. The predicted octanol–water partition coefficient (Wildman–Crippen LogP) is 1.95. The first kappa shape index (κ1) is 16.1. The van der Waals surface area contributed by atoms with Crippen molar-refractivity contribution in [3.63, 3.8) is 0 Å². The third kappa shape index (κ3) is 4.90. The van der Waals surface area contributed by atoms with Crippen LogP contribution in [0.3, 0.4) is 0 Å². The number of aromatic nitrogens is 1. The molecule has 2 unspecified atom stereocenters. The number of hydrogen-bond donors (Lipinski definition) is 2. The van der Waals surface area contributed by atoms with Crippen LogP contribution >= 0.6 is 0 Å². The van der Waals surface area contributed by atoms with Crippen LogP contribution in [0.1, 0.15) is 44.8 Å². The second-order valence-electron chi connectivity index (χ2n) is 4.88. The van der Waals surface area contributed by atoms with E-state index < -0.39 is 0 Å². The van der Waals surface area contributed by atoms with Crippen molar-refractivity contribution in [3.8, 4) is 0 Å². The third-order valence-corrected chi connectivity index (χ3v) is 3.45. The fourth-order valence-electron chi connectivity index (χ4n) is 2.33. The molecule has 1 heterocycles. The lowest BCUT2D eigenvalue weighted by Gasteiger charge is -2.34. The molecule has 0 amide bonds. The molecule has 2 atom stereocenters. The van der Waals surface area contributed by atoms with E-state index in [0.29, 0.717) is 6.54 Å². The molecule has 0 fully saturated rings. The van der Waals surface area contributed by atoms with Gasteiger partial charge in [0, 0.05) is 18.8 Å². The molecule has 0 aliphatic rings. The van der Waals surface area contributed by atoms with E-state index in [2.05, 4.69) is 23.7 Å². The highest BCUT2D eigenvalue weighted by molar-refractivity contribution is 5.11. The maximum atomic E-state index is 9.28. The van der Waals surface area contributed by atoms with Gasteiger partial charge in [-0.2, -0.15) is 0 Å². The van der Waals surface area contributed by atoms with E-state index in [1.165, 1.54) is 0 Å². The van der Waals surface area contributed by atoms with Crippen LogP contribution in [0.4, 0.5) is 0 Å². The van der Waals surface area contributed by atoms with E-state index in [4.69, 9.17) is 5.73 Å². The summed E-state index contributed by atoms with van der Waals surface area (Å²) in [6.07, 6.45) is 4.95. The molecule has 0 aromatic carbocycles. The van der Waals surface area contributed by atoms with Crippen LogP contribution in [0.2, 0.25) is 0 Å². The predicted molar refractivity (Wildman–Crippen MR) is 78.8 cm³/mol. The molecule has 3 N–H and O–H groups in total. The number of unbranched alkanes of at least 4 members (excludes halogenated alkanes) is 1. The first-order valence-electron chi connectivity index (χ1n) is 7.26. The van der Waals surface area contributed by atoms with Gasteiger partial charge < -0.3 is 10.8 Å². The summed E-state index contributed by atoms with van der Waals surface area (Å²) in [5, 5.41) is 9.28. The monoisotopic (exact) mass is 265 g/mol. The van der Waals surface area contributed by atoms with E-state index in [-0.39, 0.29) is 18.7 Å². The average molecular weight is 265 g/mol. The Labute approximate surface area is 116 Å². The Bertz CT molecular complexity index is 331. The van der Waals surface area contributed by atoms with Crippen molar-refractivity contribution >= 4 is 0 Å². The third-order valence-electron chi connectivity index (χ3n) is 3.45. The minimum Gasteiger partial charge on any atom is -0.395 e. The molecule has 0 aliphatic heterocycles. The van der Waals surface area contributed by atoms with Crippen molar-refractivity contribution in [2.45, 2.75) is 45.2 Å². The summed E-state index contributed by atoms with van der Waals surface area (Å²) >= 11 is 0. The molecule has 1 aromatic rings. The first-order valence-corrected chi connectivity index (χ1v) is 7.26. The summed E-state index contributed by atoms with van der Waals surface area (Å²) < 4.78 is 0. The number of rotatable bonds is 9. The van der Waals surface area contributed by atoms with Crippen LogP contribution in [0, 0.1) is 0 Å². The van der Waals surface area contributed by atoms with Crippen molar-refractivity contribution in [2.24, 2.45) is 5.73 Å². The van der Waals surface area contributed by atoms with E-state index in [1.807, 2.05) is 24.4 Å². The van der Waals surface area contributed by atoms with Gasteiger partial charge in [-0.25, -0.2) is 0 Å². The molecule has 4 heteroatoms. The fraction of sp³-hybridized carbons (Fsp3) is 0.667. The zero-order chi connectivity index (χ0) is 14.1. The van der Waals surface area contributed by atoms with Gasteiger partial charge in [0.25, 0.3) is 0 Å². The van der Waals surface area contributed by atoms with Gasteiger partial charge in [0.15, 0.2) is 0 Å². The largest absolute Gasteiger partial charge is 0.395 e. The van der Waals surface area contributed by atoms with Gasteiger partial charge >= 0.3 is 0 Å². The molecule has 0 spiro atoms. The summed E-state index contributed by atoms with van der Waals surface area (Å²) in [7, 11) is 0. The lowest BCUT2D eigenvalue weighted by molar-refractivity contribution is 0.128. The first-order chi connectivity index (χ1) is 9.24. The molecule has 1 rings (SSSR count). The Balaban J connectivity index is 2.92. The Morgan fingerprint density at radius 2 is 2.11 bits per heavy atom. The van der Waals surface area contributed by atoms with Gasteiger partial charge in [-0.15, -0.1) is 0 Å². The lowest BCUT2D eigenvalue weighted by atomic mass is 10.00. The fourth-order valence-corrected chi connectivity index (χ4v) is 2.33. The number of aliphatic hydroxyl groups excluding tert-OH is 1. The molecular formula is C15H27N3O. The Kier molecular flexibility index (Phi) is 7.63. The summed E-state index contributed by atoms with van der Waals surface area (Å²) in [5.74, 6) is 0. The van der Waals surface area contributed by atoms with E-state index in [1.54, 1.807) is 0 Å². The lowest BCUT2D eigenvalue weighted by Crippen LogP contribution is -2.43. The molecule has 0 radical (unpaired) electrons. The Morgan fingerprint density at radius 1 is 1.32 bits per heavy atom. The van der Waals surface area contributed by atoms with E-state index in [9.17, 15) is 5.11 Å². The molecular weight excluding hydrogens is 238 g/mol. The highest BCUT2D eigenvalue weighted by atomic mass is 16.3. The topological polar surface area (TPSA) is 62.4 Å². The van der Waals surface area contributed by atoms with Crippen LogP contribution in [0.25, 0.3) is 0 Å². The molecule has 0 bridgehead atoms. The Morgan fingerprint density at radius 3 is 2.63 bits per heavy atom. The van der Waals surface area contributed by atoms with Gasteiger partial charge in [0.05, 0.1) is 18.3 Å². The van der Waals surface area contributed by atoms with Crippen LogP contribution < -0.4 is 5.73 Å². The van der Waals surface area contributed by atoms with Gasteiger partial charge in [0.1, 0.15) is 0 Å². The highest BCUT2D eigenvalue weighted by Gasteiger charge is 2.25. The second kappa shape index (κ2) is 9.02. The quantitative estimate of drug-likeness (QED) is 0.716. The van der Waals surface area contributed by atoms with Gasteiger partial charge in [-0.05, 0) is 31.5 Å². The van der Waals surface area contributed by atoms with Crippen LogP contribution in [0.5, 0.6) is 0 Å². The zero-order valence-electron chi connectivity index (χ0n) is 12.1. The van der Waals surface area contributed by atoms with Crippen LogP contribution in [0.15, 0.2) is 24.4 Å². The molecule has 0 aliphatic carbocycles. The second-order valence-corrected chi connectivity index (χ2v) is 4.88. The van der Waals surface area contributed by atoms with Crippen molar-refractivity contribution in [1.29, 1.82) is 0 Å².